The van der Waals surface area contributed by atoms with Crippen LogP contribution in [0, 0.1) is 5.92 Å². The molecule has 210 valence electrons. The van der Waals surface area contributed by atoms with E-state index >= 15 is 0 Å². The van der Waals surface area contributed by atoms with E-state index in [1.54, 1.807) is 25.4 Å². The number of nitrogens with zero attached hydrogens (tertiary/aromatic N) is 6. The van der Waals surface area contributed by atoms with Gasteiger partial charge in [0, 0.05) is 51.0 Å². The van der Waals surface area contributed by atoms with Gasteiger partial charge >= 0.3 is 12.1 Å². The maximum atomic E-state index is 15.0. The summed E-state index contributed by atoms with van der Waals surface area (Å²) in [5.41, 5.74) is 0. The number of amides is 3. The van der Waals surface area contributed by atoms with Gasteiger partial charge in [0.1, 0.15) is 17.7 Å². The van der Waals surface area contributed by atoms with E-state index in [0.717, 1.165) is 19.4 Å². The second kappa shape index (κ2) is 11.6. The highest BCUT2D eigenvalue weighted by molar-refractivity contribution is 5.88. The summed E-state index contributed by atoms with van der Waals surface area (Å²) in [6.45, 7) is 3.91. The van der Waals surface area contributed by atoms with Crippen molar-refractivity contribution in [3.8, 4) is 11.6 Å². The third-order valence-corrected chi connectivity index (χ3v) is 7.84. The normalized spacial score (nSPS) is 26.3. The van der Waals surface area contributed by atoms with Gasteiger partial charge in [0.05, 0.1) is 25.0 Å². The Kier molecular flexibility index (Phi) is 7.96. The fourth-order valence-electron chi connectivity index (χ4n) is 5.70. The average molecular weight is 543 g/mol. The predicted octanol–water partition coefficient (Wildman–Crippen LogP) is 2.53. The summed E-state index contributed by atoms with van der Waals surface area (Å²) < 4.78 is 25.8. The monoisotopic (exact) mass is 542 g/mol. The van der Waals surface area contributed by atoms with Crippen molar-refractivity contribution in [2.75, 3.05) is 50.6 Å². The van der Waals surface area contributed by atoms with E-state index in [-0.39, 0.29) is 24.8 Å². The number of urea groups is 1. The molecule has 0 unspecified atom stereocenters. The van der Waals surface area contributed by atoms with Crippen LogP contribution in [0.4, 0.5) is 25.6 Å². The van der Waals surface area contributed by atoms with Gasteiger partial charge in [-0.15, -0.1) is 0 Å². The summed E-state index contributed by atoms with van der Waals surface area (Å²) in [5, 5.41) is 5.65. The first-order valence-corrected chi connectivity index (χ1v) is 13.3. The first kappa shape index (κ1) is 26.9. The number of nitrogens with one attached hydrogen (secondary N) is 2. The molecule has 1 aliphatic carbocycles. The van der Waals surface area contributed by atoms with Crippen molar-refractivity contribution in [1.82, 2.24) is 30.1 Å². The zero-order valence-electron chi connectivity index (χ0n) is 22.4. The Bertz CT molecular complexity index is 1170. The van der Waals surface area contributed by atoms with Crippen molar-refractivity contribution in [2.24, 2.45) is 5.92 Å². The summed E-state index contributed by atoms with van der Waals surface area (Å²) in [4.78, 5) is 43.6. The molecular formula is C26H35FN8O4. The van der Waals surface area contributed by atoms with Crippen molar-refractivity contribution >= 4 is 23.8 Å². The van der Waals surface area contributed by atoms with Crippen molar-refractivity contribution in [3.05, 3.63) is 30.7 Å². The zero-order chi connectivity index (χ0) is 27.5. The lowest BCUT2D eigenvalue weighted by Gasteiger charge is -2.40. The van der Waals surface area contributed by atoms with E-state index in [4.69, 9.17) is 9.47 Å². The van der Waals surface area contributed by atoms with Gasteiger partial charge in [-0.05, 0) is 45.2 Å². The molecule has 2 saturated heterocycles. The van der Waals surface area contributed by atoms with E-state index in [1.165, 1.54) is 17.3 Å². The molecule has 12 nitrogen and oxygen atoms in total. The van der Waals surface area contributed by atoms with E-state index < -0.39 is 24.3 Å². The van der Waals surface area contributed by atoms with Gasteiger partial charge in [-0.2, -0.15) is 0 Å². The van der Waals surface area contributed by atoms with Crippen molar-refractivity contribution < 1.29 is 23.5 Å². The van der Waals surface area contributed by atoms with Gasteiger partial charge in [-0.3, -0.25) is 5.32 Å². The number of alkyl halides is 1. The summed E-state index contributed by atoms with van der Waals surface area (Å²) in [5.74, 6) is 1.95. The van der Waals surface area contributed by atoms with Crippen molar-refractivity contribution in [3.63, 3.8) is 0 Å². The molecule has 2 aromatic heterocycles. The highest BCUT2D eigenvalue weighted by Crippen LogP contribution is 2.36. The largest absolute Gasteiger partial charge is 0.477 e. The Hall–Kier alpha value is -3.74. The lowest BCUT2D eigenvalue weighted by Crippen LogP contribution is -2.55. The van der Waals surface area contributed by atoms with Crippen LogP contribution in [0.2, 0.25) is 0 Å². The molecule has 5 rings (SSSR count). The van der Waals surface area contributed by atoms with E-state index in [0.29, 0.717) is 42.6 Å². The molecule has 3 fully saturated rings. The maximum absolute atomic E-state index is 15.0. The molecule has 2 bridgehead atoms. The minimum atomic E-state index is -1.21. The summed E-state index contributed by atoms with van der Waals surface area (Å²) in [7, 11) is 3.66. The smallest absolute Gasteiger partial charge is 0.412 e. The quantitative estimate of drug-likeness (QED) is 0.543. The van der Waals surface area contributed by atoms with Crippen LogP contribution in [0.1, 0.15) is 26.2 Å². The second-order valence-corrected chi connectivity index (χ2v) is 10.3. The standard InChI is InChI=1S/C26H35FN8O4/c1-4-38-24-13-29-22(12-30-24)32-25(36)34(3)21-15-35(8-6-19(21)27)23-11-18(5-7-28-23)39-26(37)31-20-10-17-9-16(20)14-33(17)2/h5,7,11-13,16-17,19-21H,4,6,8-10,14-15H2,1-3H3,(H,31,37)(H,29,32,36)/t16-,17-,19-,20+,21+/m1/s1. The molecule has 5 atom stereocenters. The number of fused-ring (bicyclic) bond motifs is 2. The minimum absolute atomic E-state index is 0.125. The zero-order valence-corrected chi connectivity index (χ0v) is 22.4. The molecule has 2 aromatic rings. The number of rotatable bonds is 7. The lowest BCUT2D eigenvalue weighted by molar-refractivity contribution is 0.133. The molecule has 0 aromatic carbocycles. The molecule has 3 amide bonds. The van der Waals surface area contributed by atoms with Crippen molar-refractivity contribution in [1.29, 1.82) is 0 Å². The third-order valence-electron chi connectivity index (χ3n) is 7.84. The number of ether oxygens (including phenoxy) is 2. The van der Waals surface area contributed by atoms with Crippen LogP contribution in [-0.2, 0) is 0 Å². The number of piperidine rings is 2. The van der Waals surface area contributed by atoms with Crippen LogP contribution in [0.5, 0.6) is 11.6 Å². The molecule has 0 spiro atoms. The van der Waals surface area contributed by atoms with Crippen LogP contribution < -0.4 is 25.0 Å². The molecular weight excluding hydrogens is 507 g/mol. The predicted molar refractivity (Wildman–Crippen MR) is 142 cm³/mol. The SMILES string of the molecule is CCOc1cnc(NC(=O)N(C)[C@H]2CN(c3cc(OC(=O)N[C@H]4C[C@H]5C[C@@H]4CN5C)ccn3)CC[C@H]2F)cn1. The van der Waals surface area contributed by atoms with Crippen LogP contribution in [0.3, 0.4) is 0 Å². The fourth-order valence-corrected chi connectivity index (χ4v) is 5.70. The Labute approximate surface area is 226 Å². The minimum Gasteiger partial charge on any atom is -0.477 e. The molecule has 39 heavy (non-hydrogen) atoms. The fraction of sp³-hybridized carbons (Fsp3) is 0.577. The number of aromatic nitrogens is 3. The van der Waals surface area contributed by atoms with Gasteiger partial charge in [-0.1, -0.05) is 0 Å². The number of anilines is 2. The van der Waals surface area contributed by atoms with E-state index in [2.05, 4.69) is 37.5 Å². The molecule has 2 N–H and O–H groups in total. The molecule has 3 aliphatic rings. The van der Waals surface area contributed by atoms with Crippen LogP contribution in [-0.4, -0.2) is 102 Å². The Balaban J connectivity index is 1.17. The number of likely N-dealkylation sites (N-methyl/N-ethyl adjacent to an activating group) is 1. The topological polar surface area (TPSA) is 125 Å². The van der Waals surface area contributed by atoms with E-state index in [9.17, 15) is 14.0 Å². The summed E-state index contributed by atoms with van der Waals surface area (Å²) in [6.07, 6.45) is 4.92. The molecule has 13 heteroatoms. The number of halogens is 1. The number of likely N-dealkylation sites (tertiary alicyclic amines) is 1. The maximum Gasteiger partial charge on any atom is 0.412 e. The molecule has 1 saturated carbocycles. The number of pyridine rings is 1. The van der Waals surface area contributed by atoms with E-state index in [1.807, 2.05) is 11.8 Å². The number of hydrogen-bond donors (Lipinski definition) is 2. The number of hydrogen-bond acceptors (Lipinski definition) is 9. The summed E-state index contributed by atoms with van der Waals surface area (Å²) >= 11 is 0. The average Bonchev–Trinajstić information content (AvgIpc) is 3.49. The van der Waals surface area contributed by atoms with Gasteiger partial charge in [0.25, 0.3) is 0 Å². The van der Waals surface area contributed by atoms with Crippen LogP contribution in [0.25, 0.3) is 0 Å². The second-order valence-electron chi connectivity index (χ2n) is 10.3. The van der Waals surface area contributed by atoms with Gasteiger partial charge in [0.2, 0.25) is 5.88 Å². The molecule has 4 heterocycles. The Morgan fingerprint density at radius 1 is 1.21 bits per heavy atom. The van der Waals surface area contributed by atoms with Gasteiger partial charge in [0.15, 0.2) is 5.82 Å². The van der Waals surface area contributed by atoms with Crippen LogP contribution in [0.15, 0.2) is 30.7 Å². The Morgan fingerprint density at radius 2 is 2.05 bits per heavy atom. The molecule has 0 radical (unpaired) electrons. The van der Waals surface area contributed by atoms with Gasteiger partial charge < -0.3 is 29.5 Å². The van der Waals surface area contributed by atoms with Crippen LogP contribution >= 0.6 is 0 Å². The number of carbonyl (C=O) groups is 2. The Morgan fingerprint density at radius 3 is 2.74 bits per heavy atom. The highest BCUT2D eigenvalue weighted by atomic mass is 19.1. The number of carbonyl (C=O) groups excluding carboxylic acids is 2. The first-order chi connectivity index (χ1) is 18.8. The lowest BCUT2D eigenvalue weighted by atomic mass is 10.0. The van der Waals surface area contributed by atoms with Gasteiger partial charge in [-0.25, -0.2) is 28.9 Å². The van der Waals surface area contributed by atoms with Crippen molar-refractivity contribution in [2.45, 2.75) is 50.5 Å². The summed E-state index contributed by atoms with van der Waals surface area (Å²) in [6, 6.07) is 2.71. The highest BCUT2D eigenvalue weighted by Gasteiger charge is 2.43. The molecule has 2 aliphatic heterocycles. The third kappa shape index (κ3) is 6.13. The first-order valence-electron chi connectivity index (χ1n) is 13.3.